The van der Waals surface area contributed by atoms with Gasteiger partial charge in [-0.25, -0.2) is 4.98 Å². The Labute approximate surface area is 145 Å². The van der Waals surface area contributed by atoms with Gasteiger partial charge in [0.2, 0.25) is 5.89 Å². The van der Waals surface area contributed by atoms with Gasteiger partial charge in [-0.1, -0.05) is 72.8 Å². The fraction of sp³-hybridized carbons (Fsp3) is 0. The fourth-order valence-corrected chi connectivity index (χ4v) is 3.35. The van der Waals surface area contributed by atoms with Gasteiger partial charge in [0.25, 0.3) is 0 Å². The molecule has 1 aromatic heterocycles. The van der Waals surface area contributed by atoms with Crippen LogP contribution in [0.1, 0.15) is 0 Å². The molecule has 0 aliphatic heterocycles. The minimum absolute atomic E-state index is 0.657. The second kappa shape index (κ2) is 5.60. The molecule has 0 saturated carbocycles. The lowest BCUT2D eigenvalue weighted by atomic mass is 9.94. The van der Waals surface area contributed by atoms with E-state index >= 15 is 0 Å². The van der Waals surface area contributed by atoms with Crippen LogP contribution in [0.2, 0.25) is 0 Å². The molecule has 0 radical (unpaired) electrons. The van der Waals surface area contributed by atoms with Crippen molar-refractivity contribution in [2.45, 2.75) is 0 Å². The van der Waals surface area contributed by atoms with Gasteiger partial charge in [0.05, 0.1) is 0 Å². The summed E-state index contributed by atoms with van der Waals surface area (Å²) >= 11 is 0. The maximum atomic E-state index is 6.02. The predicted octanol–water partition coefficient (Wildman–Crippen LogP) is 6.32. The van der Waals surface area contributed by atoms with Crippen LogP contribution < -0.4 is 0 Å². The lowest BCUT2D eigenvalue weighted by Crippen LogP contribution is -1.86. The molecule has 2 heteroatoms. The summed E-state index contributed by atoms with van der Waals surface area (Å²) in [5.41, 5.74) is 5.02. The summed E-state index contributed by atoms with van der Waals surface area (Å²) < 4.78 is 6.02. The summed E-state index contributed by atoms with van der Waals surface area (Å²) in [5.74, 6) is 0.657. The molecule has 5 rings (SSSR count). The zero-order valence-corrected chi connectivity index (χ0v) is 13.5. The highest BCUT2D eigenvalue weighted by atomic mass is 16.3. The Morgan fingerprint density at radius 2 is 1.24 bits per heavy atom. The number of hydrogen-bond acceptors (Lipinski definition) is 2. The molecular formula is C23H15NO. The van der Waals surface area contributed by atoms with Gasteiger partial charge in [0, 0.05) is 5.56 Å². The molecule has 0 saturated heterocycles. The summed E-state index contributed by atoms with van der Waals surface area (Å²) in [6.45, 7) is 0. The number of rotatable bonds is 2. The minimum atomic E-state index is 0.657. The zero-order valence-electron chi connectivity index (χ0n) is 13.5. The number of aromatic nitrogens is 1. The largest absolute Gasteiger partial charge is 0.436 e. The Hall–Kier alpha value is -3.39. The van der Waals surface area contributed by atoms with E-state index < -0.39 is 0 Å². The number of fused-ring (bicyclic) bond motifs is 2. The van der Waals surface area contributed by atoms with E-state index in [1.165, 1.54) is 16.3 Å². The average Bonchev–Trinajstić information content (AvgIpc) is 3.12. The number of nitrogens with zero attached hydrogens (tertiary/aromatic N) is 1. The van der Waals surface area contributed by atoms with Gasteiger partial charge in [-0.15, -0.1) is 0 Å². The molecule has 4 aromatic carbocycles. The summed E-state index contributed by atoms with van der Waals surface area (Å²) in [5, 5.41) is 2.46. The van der Waals surface area contributed by atoms with Crippen molar-refractivity contribution in [2.75, 3.05) is 0 Å². The topological polar surface area (TPSA) is 26.0 Å². The van der Waals surface area contributed by atoms with Gasteiger partial charge in [0.1, 0.15) is 5.52 Å². The Morgan fingerprint density at radius 1 is 0.560 bits per heavy atom. The zero-order chi connectivity index (χ0) is 16.6. The van der Waals surface area contributed by atoms with Crippen molar-refractivity contribution in [3.8, 4) is 22.6 Å². The molecule has 0 atom stereocenters. The highest BCUT2D eigenvalue weighted by Gasteiger charge is 2.14. The maximum absolute atomic E-state index is 6.02. The molecule has 0 N–H and O–H groups in total. The third-order valence-corrected chi connectivity index (χ3v) is 4.53. The maximum Gasteiger partial charge on any atom is 0.227 e. The molecular weight excluding hydrogens is 306 g/mol. The van der Waals surface area contributed by atoms with E-state index in [4.69, 9.17) is 4.42 Å². The van der Waals surface area contributed by atoms with Crippen molar-refractivity contribution in [1.29, 1.82) is 0 Å². The first-order chi connectivity index (χ1) is 12.4. The Kier molecular flexibility index (Phi) is 3.14. The third-order valence-electron chi connectivity index (χ3n) is 4.53. The molecule has 0 unspecified atom stereocenters. The van der Waals surface area contributed by atoms with E-state index in [0.29, 0.717) is 5.89 Å². The lowest BCUT2D eigenvalue weighted by molar-refractivity contribution is 0.620. The van der Waals surface area contributed by atoms with Crippen molar-refractivity contribution in [3.05, 3.63) is 91.0 Å². The van der Waals surface area contributed by atoms with E-state index in [1.54, 1.807) is 0 Å². The van der Waals surface area contributed by atoms with Crippen LogP contribution in [0.4, 0.5) is 0 Å². The number of oxazole rings is 1. The summed E-state index contributed by atoms with van der Waals surface area (Å²) in [6.07, 6.45) is 0. The highest BCUT2D eigenvalue weighted by molar-refractivity contribution is 6.00. The Bertz CT molecular complexity index is 1160. The normalized spacial score (nSPS) is 11.2. The Balaban J connectivity index is 1.78. The second-order valence-corrected chi connectivity index (χ2v) is 6.06. The highest BCUT2D eigenvalue weighted by Crippen LogP contribution is 2.36. The average molecular weight is 321 g/mol. The minimum Gasteiger partial charge on any atom is -0.436 e. The first kappa shape index (κ1) is 14.0. The molecule has 0 amide bonds. The molecule has 1 heterocycles. The van der Waals surface area contributed by atoms with Gasteiger partial charge < -0.3 is 4.42 Å². The Morgan fingerprint density at radius 3 is 2.16 bits per heavy atom. The van der Waals surface area contributed by atoms with Crippen LogP contribution >= 0.6 is 0 Å². The van der Waals surface area contributed by atoms with Crippen LogP contribution in [0, 0.1) is 0 Å². The van der Waals surface area contributed by atoms with Crippen LogP contribution in [0.25, 0.3) is 44.5 Å². The van der Waals surface area contributed by atoms with Gasteiger partial charge in [-0.3, -0.25) is 0 Å². The van der Waals surface area contributed by atoms with Crippen molar-refractivity contribution < 1.29 is 4.42 Å². The molecule has 118 valence electrons. The van der Waals surface area contributed by atoms with Gasteiger partial charge >= 0.3 is 0 Å². The standard InChI is InChI=1S/C23H15NO/c1-2-10-17-16(8-1)9-7-13-18(17)19-11-3-4-12-20(19)23-24-21-14-5-6-15-22(21)25-23/h1-15H. The van der Waals surface area contributed by atoms with Crippen molar-refractivity contribution in [3.63, 3.8) is 0 Å². The molecule has 0 aliphatic carbocycles. The van der Waals surface area contributed by atoms with E-state index in [-0.39, 0.29) is 0 Å². The van der Waals surface area contributed by atoms with Gasteiger partial charge in [0.15, 0.2) is 5.58 Å². The van der Waals surface area contributed by atoms with Crippen molar-refractivity contribution in [2.24, 2.45) is 0 Å². The van der Waals surface area contributed by atoms with Crippen LogP contribution in [0.3, 0.4) is 0 Å². The molecule has 25 heavy (non-hydrogen) atoms. The predicted molar refractivity (Wildman–Crippen MR) is 102 cm³/mol. The van der Waals surface area contributed by atoms with Crippen LogP contribution in [-0.2, 0) is 0 Å². The summed E-state index contributed by atoms with van der Waals surface area (Å²) in [4.78, 5) is 4.68. The molecule has 2 nitrogen and oxygen atoms in total. The van der Waals surface area contributed by atoms with E-state index in [1.807, 2.05) is 30.3 Å². The molecule has 0 bridgehead atoms. The third kappa shape index (κ3) is 2.31. The molecule has 0 fully saturated rings. The fourth-order valence-electron chi connectivity index (χ4n) is 3.35. The van der Waals surface area contributed by atoms with Crippen molar-refractivity contribution >= 4 is 21.9 Å². The number of benzene rings is 4. The first-order valence-corrected chi connectivity index (χ1v) is 8.33. The van der Waals surface area contributed by atoms with Gasteiger partial charge in [-0.2, -0.15) is 0 Å². The van der Waals surface area contributed by atoms with Crippen LogP contribution in [0.5, 0.6) is 0 Å². The number of hydrogen-bond donors (Lipinski definition) is 0. The van der Waals surface area contributed by atoms with Crippen LogP contribution in [0.15, 0.2) is 95.4 Å². The molecule has 0 spiro atoms. The summed E-state index contributed by atoms with van der Waals surface area (Å²) in [6, 6.07) is 31.0. The lowest BCUT2D eigenvalue weighted by Gasteiger charge is -2.10. The second-order valence-electron chi connectivity index (χ2n) is 6.06. The van der Waals surface area contributed by atoms with E-state index in [2.05, 4.69) is 65.6 Å². The van der Waals surface area contributed by atoms with Gasteiger partial charge in [-0.05, 0) is 40.1 Å². The monoisotopic (exact) mass is 321 g/mol. The smallest absolute Gasteiger partial charge is 0.227 e. The number of para-hydroxylation sites is 2. The first-order valence-electron chi connectivity index (χ1n) is 8.33. The van der Waals surface area contributed by atoms with E-state index in [9.17, 15) is 0 Å². The van der Waals surface area contributed by atoms with Crippen LogP contribution in [-0.4, -0.2) is 4.98 Å². The van der Waals surface area contributed by atoms with E-state index in [0.717, 1.165) is 22.2 Å². The quantitative estimate of drug-likeness (QED) is 0.380. The SMILES string of the molecule is c1ccc(-c2cccc3ccccc23)c(-c2nc3ccccc3o2)c1. The van der Waals surface area contributed by atoms with Crippen molar-refractivity contribution in [1.82, 2.24) is 4.98 Å². The summed E-state index contributed by atoms with van der Waals surface area (Å²) in [7, 11) is 0. The molecule has 5 aromatic rings. The molecule has 0 aliphatic rings.